The number of nitrogens with one attached hydrogen (secondary N) is 2. The number of benzene rings is 1. The summed E-state index contributed by atoms with van der Waals surface area (Å²) in [5, 5.41) is 23.8. The van der Waals surface area contributed by atoms with Crippen LogP contribution in [-0.2, 0) is 0 Å². The van der Waals surface area contributed by atoms with Crippen LogP contribution in [0.4, 0.5) is 20.2 Å². The highest BCUT2D eigenvalue weighted by atomic mass is 19.3. The number of nitrogen functional groups attached to an aromatic ring is 1. The summed E-state index contributed by atoms with van der Waals surface area (Å²) in [7, 11) is 0. The van der Waals surface area contributed by atoms with Crippen molar-refractivity contribution in [1.82, 2.24) is 14.8 Å². The summed E-state index contributed by atoms with van der Waals surface area (Å²) >= 11 is 0. The molecule has 158 valence electrons. The standard InChI is InChI=1S/C21H19F2N7O/c1-10-11(2)19(28-12(3)16(10)7-24)20(31)29-14-4-5-17(25)15(6-14)18(26)13-8-27-30(9-13)21(22)23/h4-6,8-9,21,26H,25H2,1-3H3,(H,29,31). The monoisotopic (exact) mass is 423 g/mol. The van der Waals surface area contributed by atoms with Gasteiger partial charge in [0.1, 0.15) is 11.8 Å². The number of anilines is 2. The van der Waals surface area contributed by atoms with E-state index in [1.807, 2.05) is 0 Å². The number of aromatic nitrogens is 3. The summed E-state index contributed by atoms with van der Waals surface area (Å²) in [6, 6.07) is 6.63. The molecule has 3 aromatic rings. The Balaban J connectivity index is 1.91. The maximum absolute atomic E-state index is 12.8. The number of carbonyl (C=O) groups is 1. The first kappa shape index (κ1) is 21.6. The zero-order valence-electron chi connectivity index (χ0n) is 17.0. The van der Waals surface area contributed by atoms with Gasteiger partial charge in [-0.25, -0.2) is 9.67 Å². The quantitative estimate of drug-likeness (QED) is 0.425. The molecule has 0 spiro atoms. The van der Waals surface area contributed by atoms with Crippen molar-refractivity contribution in [3.05, 3.63) is 69.8 Å². The van der Waals surface area contributed by atoms with Crippen molar-refractivity contribution in [1.29, 1.82) is 10.7 Å². The van der Waals surface area contributed by atoms with E-state index in [1.165, 1.54) is 12.1 Å². The molecule has 0 aliphatic rings. The molecule has 0 unspecified atom stereocenters. The van der Waals surface area contributed by atoms with E-state index >= 15 is 0 Å². The molecule has 0 bridgehead atoms. The molecule has 0 radical (unpaired) electrons. The summed E-state index contributed by atoms with van der Waals surface area (Å²) in [6.07, 6.45) is 2.20. The van der Waals surface area contributed by atoms with Gasteiger partial charge in [0.25, 0.3) is 5.91 Å². The van der Waals surface area contributed by atoms with Crippen LogP contribution in [0.15, 0.2) is 30.6 Å². The van der Waals surface area contributed by atoms with Gasteiger partial charge in [0.15, 0.2) is 0 Å². The minimum absolute atomic E-state index is 0.111. The Labute approximate surface area is 176 Å². The van der Waals surface area contributed by atoms with E-state index < -0.39 is 12.5 Å². The summed E-state index contributed by atoms with van der Waals surface area (Å²) in [4.78, 5) is 17.1. The maximum Gasteiger partial charge on any atom is 0.333 e. The molecule has 1 aromatic carbocycles. The molecule has 3 rings (SSSR count). The molecule has 0 aliphatic carbocycles. The van der Waals surface area contributed by atoms with Gasteiger partial charge in [0.2, 0.25) is 0 Å². The smallest absolute Gasteiger partial charge is 0.333 e. The Morgan fingerprint density at radius 1 is 1.29 bits per heavy atom. The molecule has 0 saturated heterocycles. The second kappa shape index (κ2) is 8.31. The van der Waals surface area contributed by atoms with E-state index in [4.69, 9.17) is 11.1 Å². The highest BCUT2D eigenvalue weighted by Crippen LogP contribution is 2.24. The predicted octanol–water partition coefficient (Wildman–Crippen LogP) is 3.72. The van der Waals surface area contributed by atoms with Crippen molar-refractivity contribution >= 4 is 23.0 Å². The Morgan fingerprint density at radius 2 is 2.00 bits per heavy atom. The number of alkyl halides is 2. The van der Waals surface area contributed by atoms with Crippen LogP contribution in [-0.4, -0.2) is 26.4 Å². The number of nitrogens with two attached hydrogens (primary N) is 1. The number of nitrogens with zero attached hydrogens (tertiary/aromatic N) is 4. The molecule has 0 atom stereocenters. The fourth-order valence-corrected chi connectivity index (χ4v) is 3.10. The van der Waals surface area contributed by atoms with Crippen LogP contribution in [0.3, 0.4) is 0 Å². The lowest BCUT2D eigenvalue weighted by Gasteiger charge is -2.13. The molecular weight excluding hydrogens is 404 g/mol. The average Bonchev–Trinajstić information content (AvgIpc) is 3.22. The zero-order valence-corrected chi connectivity index (χ0v) is 17.0. The van der Waals surface area contributed by atoms with Gasteiger partial charge >= 0.3 is 6.55 Å². The lowest BCUT2D eigenvalue weighted by Crippen LogP contribution is -2.18. The first-order valence-electron chi connectivity index (χ1n) is 9.14. The second-order valence-corrected chi connectivity index (χ2v) is 6.90. The minimum Gasteiger partial charge on any atom is -0.398 e. The molecule has 1 amide bonds. The van der Waals surface area contributed by atoms with E-state index in [2.05, 4.69) is 21.5 Å². The van der Waals surface area contributed by atoms with Crippen LogP contribution in [0.1, 0.15) is 50.5 Å². The number of carbonyl (C=O) groups excluding carboxylic acids is 1. The van der Waals surface area contributed by atoms with Crippen molar-refractivity contribution in [2.45, 2.75) is 27.3 Å². The van der Waals surface area contributed by atoms with Crippen LogP contribution >= 0.6 is 0 Å². The largest absolute Gasteiger partial charge is 0.398 e. The van der Waals surface area contributed by atoms with E-state index in [0.717, 1.165) is 12.4 Å². The van der Waals surface area contributed by atoms with E-state index in [9.17, 15) is 18.8 Å². The van der Waals surface area contributed by atoms with Gasteiger partial charge in [0.05, 0.1) is 23.2 Å². The fraction of sp³-hybridized carbons (Fsp3) is 0.190. The second-order valence-electron chi connectivity index (χ2n) is 6.90. The summed E-state index contributed by atoms with van der Waals surface area (Å²) in [5.74, 6) is -0.485. The van der Waals surface area contributed by atoms with Gasteiger partial charge < -0.3 is 11.1 Å². The van der Waals surface area contributed by atoms with Crippen LogP contribution < -0.4 is 11.1 Å². The van der Waals surface area contributed by atoms with Crippen LogP contribution in [0, 0.1) is 37.5 Å². The van der Waals surface area contributed by atoms with Crippen molar-refractivity contribution in [3.63, 3.8) is 0 Å². The molecule has 10 heteroatoms. The first-order valence-corrected chi connectivity index (χ1v) is 9.14. The minimum atomic E-state index is -2.82. The van der Waals surface area contributed by atoms with Gasteiger partial charge in [0, 0.05) is 28.7 Å². The Bertz CT molecular complexity index is 1240. The number of pyridine rings is 1. The third-order valence-corrected chi connectivity index (χ3v) is 4.93. The Morgan fingerprint density at radius 3 is 2.61 bits per heavy atom. The Kier molecular flexibility index (Phi) is 5.79. The van der Waals surface area contributed by atoms with Crippen molar-refractivity contribution in [2.24, 2.45) is 0 Å². The van der Waals surface area contributed by atoms with E-state index in [-0.39, 0.29) is 28.2 Å². The zero-order chi connectivity index (χ0) is 22.9. The molecule has 4 N–H and O–H groups in total. The van der Waals surface area contributed by atoms with Gasteiger partial charge in [-0.05, 0) is 50.1 Å². The van der Waals surface area contributed by atoms with E-state index in [0.29, 0.717) is 32.8 Å². The molecule has 2 aromatic heterocycles. The predicted molar refractivity (Wildman–Crippen MR) is 111 cm³/mol. The van der Waals surface area contributed by atoms with Crippen molar-refractivity contribution < 1.29 is 13.6 Å². The third kappa shape index (κ3) is 4.11. The topological polar surface area (TPSA) is 133 Å². The number of rotatable bonds is 5. The average molecular weight is 423 g/mol. The van der Waals surface area contributed by atoms with Gasteiger partial charge in [-0.3, -0.25) is 10.2 Å². The van der Waals surface area contributed by atoms with Gasteiger partial charge in [-0.15, -0.1) is 0 Å². The number of aryl methyl sites for hydroxylation is 1. The van der Waals surface area contributed by atoms with Crippen molar-refractivity contribution in [3.8, 4) is 6.07 Å². The number of hydrogen-bond donors (Lipinski definition) is 3. The fourth-order valence-electron chi connectivity index (χ4n) is 3.10. The lowest BCUT2D eigenvalue weighted by molar-refractivity contribution is 0.0566. The highest BCUT2D eigenvalue weighted by molar-refractivity contribution is 6.14. The van der Waals surface area contributed by atoms with Gasteiger partial charge in [-0.2, -0.15) is 19.1 Å². The number of nitriles is 1. The molecule has 0 saturated carbocycles. The maximum atomic E-state index is 12.8. The molecule has 8 nitrogen and oxygen atoms in total. The molecular formula is C21H19F2N7O. The van der Waals surface area contributed by atoms with Crippen LogP contribution in [0.2, 0.25) is 0 Å². The summed E-state index contributed by atoms with van der Waals surface area (Å²) in [6.45, 7) is 2.30. The number of hydrogen-bond acceptors (Lipinski definition) is 6. The number of halogens is 2. The SMILES string of the molecule is Cc1nc(C(=O)Nc2ccc(N)c(C(=N)c3cnn(C(F)F)c3)c2)c(C)c(C)c1C#N. The van der Waals surface area contributed by atoms with Crippen LogP contribution in [0.25, 0.3) is 0 Å². The highest BCUT2D eigenvalue weighted by Gasteiger charge is 2.19. The van der Waals surface area contributed by atoms with Crippen LogP contribution in [0.5, 0.6) is 0 Å². The third-order valence-electron chi connectivity index (χ3n) is 4.93. The van der Waals surface area contributed by atoms with E-state index in [1.54, 1.807) is 26.8 Å². The molecule has 2 heterocycles. The van der Waals surface area contributed by atoms with Gasteiger partial charge in [-0.1, -0.05) is 0 Å². The normalized spacial score (nSPS) is 10.7. The summed E-state index contributed by atoms with van der Waals surface area (Å²) in [5.41, 5.74) is 9.18. The molecule has 0 aliphatic heterocycles. The lowest BCUT2D eigenvalue weighted by atomic mass is 10.0. The summed E-state index contributed by atoms with van der Waals surface area (Å²) < 4.78 is 26.0. The number of amides is 1. The molecule has 31 heavy (non-hydrogen) atoms. The molecule has 0 fully saturated rings. The Hall–Kier alpha value is -4.13. The first-order chi connectivity index (χ1) is 14.6. The van der Waals surface area contributed by atoms with Crippen molar-refractivity contribution in [2.75, 3.05) is 11.1 Å².